The van der Waals surface area contributed by atoms with Crippen molar-refractivity contribution in [2.24, 2.45) is 0 Å². The van der Waals surface area contributed by atoms with Crippen molar-refractivity contribution in [1.82, 2.24) is 0 Å². The minimum absolute atomic E-state index is 0.757. The van der Waals surface area contributed by atoms with Crippen molar-refractivity contribution in [2.75, 3.05) is 7.11 Å². The van der Waals surface area contributed by atoms with E-state index in [2.05, 4.69) is 82.9 Å². The zero-order chi connectivity index (χ0) is 16.6. The summed E-state index contributed by atoms with van der Waals surface area (Å²) in [5.74, 6) is 37.1. The number of rotatable bonds is 1. The summed E-state index contributed by atoms with van der Waals surface area (Å²) in [5, 5.41) is 0. The monoisotopic (exact) mass is 290 g/mol. The molecule has 0 unspecified atom stereocenters. The summed E-state index contributed by atoms with van der Waals surface area (Å²) in [6.45, 7) is 1.71. The van der Waals surface area contributed by atoms with Crippen molar-refractivity contribution in [3.63, 3.8) is 0 Å². The van der Waals surface area contributed by atoms with Crippen molar-refractivity contribution in [1.29, 1.82) is 0 Å². The van der Waals surface area contributed by atoms with Crippen LogP contribution in [0.1, 0.15) is 12.5 Å². The molecule has 1 nitrogen and oxygen atoms in total. The first kappa shape index (κ1) is 17.0. The Labute approximate surface area is 137 Å². The first-order chi connectivity index (χ1) is 11.4. The molecule has 0 N–H and O–H groups in total. The maximum atomic E-state index is 5.11. The van der Waals surface area contributed by atoms with E-state index in [0.717, 1.165) is 11.3 Å². The Morgan fingerprint density at radius 1 is 0.696 bits per heavy atom. The van der Waals surface area contributed by atoms with Gasteiger partial charge in [0.15, 0.2) is 0 Å². The van der Waals surface area contributed by atoms with Gasteiger partial charge in [-0.3, -0.25) is 0 Å². The van der Waals surface area contributed by atoms with Gasteiger partial charge in [0.25, 0.3) is 0 Å². The molecule has 1 rings (SSSR count). The number of hydrogen-bond acceptors (Lipinski definition) is 1. The highest BCUT2D eigenvalue weighted by Crippen LogP contribution is 2.10. The van der Waals surface area contributed by atoms with Gasteiger partial charge in [0.1, 0.15) is 5.75 Å². The van der Waals surface area contributed by atoms with Gasteiger partial charge in [-0.2, -0.15) is 0 Å². The Bertz CT molecular complexity index is 991. The van der Waals surface area contributed by atoms with Gasteiger partial charge in [-0.05, 0) is 96.2 Å². The summed E-state index contributed by atoms with van der Waals surface area (Å²) in [6.07, 6.45) is 0. The SMILES string of the molecule is CC#CC#CC#CC#CC#CC#CC#Cc1cccc(OC)c1. The molecule has 0 aliphatic heterocycles. The average Bonchev–Trinajstić information content (AvgIpc) is 2.59. The van der Waals surface area contributed by atoms with Crippen LogP contribution in [0.5, 0.6) is 5.75 Å². The second kappa shape index (κ2) is 11.7. The quantitative estimate of drug-likeness (QED) is 0.720. The molecule has 0 saturated carbocycles. The van der Waals surface area contributed by atoms with E-state index < -0.39 is 0 Å². The molecule has 0 bridgehead atoms. The lowest BCUT2D eigenvalue weighted by Crippen LogP contribution is -1.82. The van der Waals surface area contributed by atoms with Crippen LogP contribution in [0.3, 0.4) is 0 Å². The largest absolute Gasteiger partial charge is 0.497 e. The molecule has 1 heteroatoms. The van der Waals surface area contributed by atoms with Crippen LogP contribution in [-0.2, 0) is 0 Å². The van der Waals surface area contributed by atoms with Crippen molar-refractivity contribution >= 4 is 0 Å². The van der Waals surface area contributed by atoms with Crippen LogP contribution in [0.15, 0.2) is 24.3 Å². The van der Waals surface area contributed by atoms with Crippen molar-refractivity contribution < 1.29 is 4.74 Å². The van der Waals surface area contributed by atoms with Crippen molar-refractivity contribution in [3.8, 4) is 88.6 Å². The highest BCUT2D eigenvalue weighted by Gasteiger charge is 1.90. The highest BCUT2D eigenvalue weighted by atomic mass is 16.5. The lowest BCUT2D eigenvalue weighted by Gasteiger charge is -1.97. The van der Waals surface area contributed by atoms with E-state index in [1.165, 1.54) is 0 Å². The third-order valence-corrected chi connectivity index (χ3v) is 2.09. The molecule has 23 heavy (non-hydrogen) atoms. The van der Waals surface area contributed by atoms with Crippen LogP contribution < -0.4 is 4.74 Å². The molecular weight excluding hydrogens is 280 g/mol. The Hall–Kier alpha value is -4.06. The average molecular weight is 290 g/mol. The molecule has 0 heterocycles. The van der Waals surface area contributed by atoms with Gasteiger partial charge in [0.05, 0.1) is 7.11 Å². The molecule has 104 valence electrons. The van der Waals surface area contributed by atoms with Crippen LogP contribution >= 0.6 is 0 Å². The highest BCUT2D eigenvalue weighted by molar-refractivity contribution is 5.47. The second-order valence-electron chi connectivity index (χ2n) is 3.61. The van der Waals surface area contributed by atoms with E-state index in [9.17, 15) is 0 Å². The Balaban J connectivity index is 2.56. The fraction of sp³-hybridized carbons (Fsp3) is 0.0909. The predicted molar refractivity (Wildman–Crippen MR) is 92.2 cm³/mol. The Kier molecular flexibility index (Phi) is 8.67. The summed E-state index contributed by atoms with van der Waals surface area (Å²) >= 11 is 0. The fourth-order valence-electron chi connectivity index (χ4n) is 1.18. The standard InChI is InChI=1S/C22H10O/c1-3-4-5-6-7-8-9-10-11-12-13-14-15-17-21-18-16-19-22(20-21)23-2/h16,18-20H,1-2H3. The predicted octanol–water partition coefficient (Wildman–Crippen LogP) is 2.09. The van der Waals surface area contributed by atoms with E-state index in [0.29, 0.717) is 0 Å². The smallest absolute Gasteiger partial charge is 0.120 e. The second-order valence-corrected chi connectivity index (χ2v) is 3.61. The van der Waals surface area contributed by atoms with Crippen LogP contribution in [0.4, 0.5) is 0 Å². The zero-order valence-electron chi connectivity index (χ0n) is 12.7. The molecule has 0 aliphatic carbocycles. The Morgan fingerprint density at radius 3 is 1.74 bits per heavy atom. The molecule has 0 atom stereocenters. The minimum atomic E-state index is 0.757. The normalized spacial score (nSPS) is 6.00. The van der Waals surface area contributed by atoms with E-state index in [1.807, 2.05) is 24.3 Å². The Morgan fingerprint density at radius 2 is 1.22 bits per heavy atom. The molecule has 0 amide bonds. The third-order valence-electron chi connectivity index (χ3n) is 2.09. The van der Waals surface area contributed by atoms with Gasteiger partial charge in [0, 0.05) is 5.56 Å². The zero-order valence-corrected chi connectivity index (χ0v) is 12.7. The molecule has 1 aromatic carbocycles. The van der Waals surface area contributed by atoms with Gasteiger partial charge < -0.3 is 4.74 Å². The van der Waals surface area contributed by atoms with Crippen LogP contribution in [-0.4, -0.2) is 7.11 Å². The van der Waals surface area contributed by atoms with E-state index in [1.54, 1.807) is 14.0 Å². The number of hydrogen-bond donors (Lipinski definition) is 0. The van der Waals surface area contributed by atoms with Crippen molar-refractivity contribution in [3.05, 3.63) is 29.8 Å². The topological polar surface area (TPSA) is 9.23 Å². The molecule has 0 radical (unpaired) electrons. The minimum Gasteiger partial charge on any atom is -0.497 e. The van der Waals surface area contributed by atoms with Gasteiger partial charge in [-0.25, -0.2) is 0 Å². The summed E-state index contributed by atoms with van der Waals surface area (Å²) in [4.78, 5) is 0. The summed E-state index contributed by atoms with van der Waals surface area (Å²) in [6, 6.07) is 7.43. The first-order valence-electron chi connectivity index (χ1n) is 6.43. The first-order valence-corrected chi connectivity index (χ1v) is 6.43. The van der Waals surface area contributed by atoms with Gasteiger partial charge in [-0.15, -0.1) is 0 Å². The summed E-state index contributed by atoms with van der Waals surface area (Å²) in [5.41, 5.74) is 0.829. The third kappa shape index (κ3) is 8.66. The van der Waals surface area contributed by atoms with E-state index in [-0.39, 0.29) is 0 Å². The van der Waals surface area contributed by atoms with Crippen LogP contribution in [0, 0.1) is 82.9 Å². The van der Waals surface area contributed by atoms with E-state index >= 15 is 0 Å². The molecular formula is C22H10O. The molecule has 0 spiro atoms. The maximum Gasteiger partial charge on any atom is 0.120 e. The van der Waals surface area contributed by atoms with Gasteiger partial charge in [-0.1, -0.05) is 17.9 Å². The number of benzene rings is 1. The van der Waals surface area contributed by atoms with Gasteiger partial charge >= 0.3 is 0 Å². The lowest BCUT2D eigenvalue weighted by molar-refractivity contribution is 0.414. The molecule has 0 aliphatic rings. The van der Waals surface area contributed by atoms with Crippen LogP contribution in [0.2, 0.25) is 0 Å². The molecule has 0 aromatic heterocycles. The van der Waals surface area contributed by atoms with Crippen molar-refractivity contribution in [2.45, 2.75) is 6.92 Å². The number of methoxy groups -OCH3 is 1. The molecule has 1 aromatic rings. The van der Waals surface area contributed by atoms with E-state index in [4.69, 9.17) is 4.74 Å². The molecule has 0 fully saturated rings. The van der Waals surface area contributed by atoms with Gasteiger partial charge in [0.2, 0.25) is 0 Å². The fourth-order valence-corrected chi connectivity index (χ4v) is 1.18. The molecule has 0 saturated heterocycles. The number of ether oxygens (including phenoxy) is 1. The lowest BCUT2D eigenvalue weighted by atomic mass is 10.2. The summed E-state index contributed by atoms with van der Waals surface area (Å²) in [7, 11) is 1.61. The van der Waals surface area contributed by atoms with Crippen LogP contribution in [0.25, 0.3) is 0 Å². The summed E-state index contributed by atoms with van der Waals surface area (Å²) < 4.78 is 5.11. The maximum absolute atomic E-state index is 5.11.